The number of pyridine rings is 1. The summed E-state index contributed by atoms with van der Waals surface area (Å²) >= 11 is 0. The molecule has 3 rings (SSSR count). The molecule has 2 saturated heterocycles. The zero-order valence-electron chi connectivity index (χ0n) is 15.6. The largest absolute Gasteiger partial charge is 0.490 e. The Balaban J connectivity index is 1.44. The molecule has 1 N–H and O–H groups in total. The lowest BCUT2D eigenvalue weighted by atomic mass is 9.99. The summed E-state index contributed by atoms with van der Waals surface area (Å²) in [5.74, 6) is 0.901. The summed E-state index contributed by atoms with van der Waals surface area (Å²) in [6, 6.07) is 2.82. The standard InChI is InChI=1S/C19H30N4O2/c1-14-13-20-8-4-18(14)25-17-6-10-23(11-7-17)19(24)21-16-5-9-22(3)15(2)12-16/h4,8,13,15-17H,5-7,9-12H2,1-3H3,(H,21,24). The Hall–Kier alpha value is -1.82. The molecule has 138 valence electrons. The molecule has 0 saturated carbocycles. The lowest BCUT2D eigenvalue weighted by Gasteiger charge is -2.37. The summed E-state index contributed by atoms with van der Waals surface area (Å²) in [6.07, 6.45) is 7.57. The summed E-state index contributed by atoms with van der Waals surface area (Å²) < 4.78 is 6.09. The molecular formula is C19H30N4O2. The van der Waals surface area contributed by atoms with Crippen LogP contribution in [0.2, 0.25) is 0 Å². The van der Waals surface area contributed by atoms with Crippen molar-refractivity contribution in [1.29, 1.82) is 0 Å². The highest BCUT2D eigenvalue weighted by atomic mass is 16.5. The van der Waals surface area contributed by atoms with Gasteiger partial charge in [-0.3, -0.25) is 4.98 Å². The van der Waals surface area contributed by atoms with Gasteiger partial charge in [-0.1, -0.05) is 0 Å². The Morgan fingerprint density at radius 1 is 1.28 bits per heavy atom. The molecule has 0 aromatic carbocycles. The van der Waals surface area contributed by atoms with E-state index in [-0.39, 0.29) is 12.1 Å². The molecule has 0 spiro atoms. The second-order valence-corrected chi connectivity index (χ2v) is 7.45. The number of nitrogens with one attached hydrogen (secondary N) is 1. The van der Waals surface area contributed by atoms with E-state index in [0.717, 1.165) is 56.6 Å². The number of hydrogen-bond donors (Lipinski definition) is 1. The number of amides is 2. The van der Waals surface area contributed by atoms with Crippen molar-refractivity contribution >= 4 is 6.03 Å². The number of nitrogens with zero attached hydrogens (tertiary/aromatic N) is 3. The van der Waals surface area contributed by atoms with E-state index in [9.17, 15) is 4.79 Å². The molecule has 2 unspecified atom stereocenters. The second-order valence-electron chi connectivity index (χ2n) is 7.45. The minimum atomic E-state index is 0.0836. The smallest absolute Gasteiger partial charge is 0.317 e. The van der Waals surface area contributed by atoms with E-state index in [2.05, 4.69) is 29.2 Å². The van der Waals surface area contributed by atoms with Crippen LogP contribution in [0, 0.1) is 6.92 Å². The maximum atomic E-state index is 12.5. The number of carbonyl (C=O) groups excluding carboxylic acids is 1. The highest BCUT2D eigenvalue weighted by molar-refractivity contribution is 5.74. The summed E-state index contributed by atoms with van der Waals surface area (Å²) in [4.78, 5) is 20.9. The number of hydrogen-bond acceptors (Lipinski definition) is 4. The van der Waals surface area contributed by atoms with Crippen LogP contribution in [-0.2, 0) is 0 Å². The first kappa shape index (κ1) is 18.0. The number of aryl methyl sites for hydroxylation is 1. The molecule has 2 aliphatic rings. The number of aromatic nitrogens is 1. The van der Waals surface area contributed by atoms with Gasteiger partial charge in [0.05, 0.1) is 0 Å². The predicted molar refractivity (Wildman–Crippen MR) is 97.8 cm³/mol. The third-order valence-corrected chi connectivity index (χ3v) is 5.53. The van der Waals surface area contributed by atoms with Crippen LogP contribution < -0.4 is 10.1 Å². The number of carbonyl (C=O) groups is 1. The van der Waals surface area contributed by atoms with E-state index in [1.807, 2.05) is 24.1 Å². The molecule has 2 fully saturated rings. The van der Waals surface area contributed by atoms with Crippen LogP contribution >= 0.6 is 0 Å². The first-order valence-electron chi connectivity index (χ1n) is 9.36. The number of piperidine rings is 2. The Labute approximate surface area is 150 Å². The average molecular weight is 346 g/mol. The molecule has 25 heavy (non-hydrogen) atoms. The Bertz CT molecular complexity index is 587. The molecule has 2 aliphatic heterocycles. The van der Waals surface area contributed by atoms with E-state index in [4.69, 9.17) is 4.74 Å². The van der Waals surface area contributed by atoms with E-state index in [1.165, 1.54) is 0 Å². The maximum absolute atomic E-state index is 12.5. The van der Waals surface area contributed by atoms with Crippen molar-refractivity contribution in [2.24, 2.45) is 0 Å². The first-order chi connectivity index (χ1) is 12.0. The Morgan fingerprint density at radius 2 is 2.04 bits per heavy atom. The van der Waals surface area contributed by atoms with E-state index in [1.54, 1.807) is 6.20 Å². The van der Waals surface area contributed by atoms with Gasteiger partial charge in [0.15, 0.2) is 0 Å². The molecule has 0 aliphatic carbocycles. The normalized spacial score (nSPS) is 25.6. The van der Waals surface area contributed by atoms with Crippen molar-refractivity contribution in [3.8, 4) is 5.75 Å². The van der Waals surface area contributed by atoms with Gasteiger partial charge in [0, 0.05) is 62.5 Å². The number of likely N-dealkylation sites (tertiary alicyclic amines) is 2. The van der Waals surface area contributed by atoms with Crippen LogP contribution in [0.4, 0.5) is 4.79 Å². The zero-order chi connectivity index (χ0) is 17.8. The van der Waals surface area contributed by atoms with Gasteiger partial charge in [0.1, 0.15) is 11.9 Å². The van der Waals surface area contributed by atoms with Gasteiger partial charge in [-0.2, -0.15) is 0 Å². The van der Waals surface area contributed by atoms with Crippen LogP contribution in [0.25, 0.3) is 0 Å². The highest BCUT2D eigenvalue weighted by Gasteiger charge is 2.28. The molecule has 0 bridgehead atoms. The third kappa shape index (κ3) is 4.63. The van der Waals surface area contributed by atoms with Crippen molar-refractivity contribution in [2.45, 2.75) is 57.7 Å². The van der Waals surface area contributed by atoms with Gasteiger partial charge < -0.3 is 19.9 Å². The molecule has 2 amide bonds. The summed E-state index contributed by atoms with van der Waals surface area (Å²) in [7, 11) is 2.15. The monoisotopic (exact) mass is 346 g/mol. The van der Waals surface area contributed by atoms with Crippen molar-refractivity contribution in [2.75, 3.05) is 26.7 Å². The van der Waals surface area contributed by atoms with E-state index >= 15 is 0 Å². The average Bonchev–Trinajstić information content (AvgIpc) is 2.61. The fraction of sp³-hybridized carbons (Fsp3) is 0.684. The molecule has 2 atom stereocenters. The van der Waals surface area contributed by atoms with E-state index in [0.29, 0.717) is 12.1 Å². The Kier molecular flexibility index (Phi) is 5.78. The first-order valence-corrected chi connectivity index (χ1v) is 9.36. The fourth-order valence-corrected chi connectivity index (χ4v) is 3.64. The lowest BCUT2D eigenvalue weighted by molar-refractivity contribution is 0.105. The van der Waals surface area contributed by atoms with E-state index < -0.39 is 0 Å². The number of ether oxygens (including phenoxy) is 1. The topological polar surface area (TPSA) is 57.7 Å². The SMILES string of the molecule is Cc1cnccc1OC1CCN(C(=O)NC2CCN(C)C(C)C2)CC1. The van der Waals surface area contributed by atoms with Gasteiger partial charge in [-0.05, 0) is 39.8 Å². The molecule has 1 aromatic rings. The molecule has 6 heteroatoms. The third-order valence-electron chi connectivity index (χ3n) is 5.53. The molecule has 6 nitrogen and oxygen atoms in total. The van der Waals surface area contributed by atoms with Crippen LogP contribution in [0.5, 0.6) is 5.75 Å². The summed E-state index contributed by atoms with van der Waals surface area (Å²) in [6.45, 7) is 6.79. The van der Waals surface area contributed by atoms with Crippen molar-refractivity contribution < 1.29 is 9.53 Å². The van der Waals surface area contributed by atoms with Gasteiger partial charge in [0.2, 0.25) is 0 Å². The van der Waals surface area contributed by atoms with Gasteiger partial charge in [-0.15, -0.1) is 0 Å². The minimum absolute atomic E-state index is 0.0836. The zero-order valence-corrected chi connectivity index (χ0v) is 15.6. The quantitative estimate of drug-likeness (QED) is 0.913. The van der Waals surface area contributed by atoms with Crippen LogP contribution in [0.1, 0.15) is 38.2 Å². The van der Waals surface area contributed by atoms with Crippen LogP contribution in [0.3, 0.4) is 0 Å². The second kappa shape index (κ2) is 8.04. The van der Waals surface area contributed by atoms with Crippen LogP contribution in [0.15, 0.2) is 18.5 Å². The molecule has 0 radical (unpaired) electrons. The summed E-state index contributed by atoms with van der Waals surface area (Å²) in [5, 5.41) is 3.22. The van der Waals surface area contributed by atoms with Gasteiger partial charge in [-0.25, -0.2) is 4.79 Å². The van der Waals surface area contributed by atoms with Crippen molar-refractivity contribution in [3.05, 3.63) is 24.0 Å². The molecular weight excluding hydrogens is 316 g/mol. The maximum Gasteiger partial charge on any atom is 0.317 e. The number of urea groups is 1. The van der Waals surface area contributed by atoms with Crippen molar-refractivity contribution in [1.82, 2.24) is 20.1 Å². The molecule has 3 heterocycles. The molecule has 1 aromatic heterocycles. The number of rotatable bonds is 3. The summed E-state index contributed by atoms with van der Waals surface area (Å²) in [5.41, 5.74) is 1.05. The van der Waals surface area contributed by atoms with Gasteiger partial charge >= 0.3 is 6.03 Å². The lowest BCUT2D eigenvalue weighted by Crippen LogP contribution is -2.52. The van der Waals surface area contributed by atoms with Gasteiger partial charge in [0.25, 0.3) is 0 Å². The predicted octanol–water partition coefficient (Wildman–Crippen LogP) is 2.43. The Morgan fingerprint density at radius 3 is 2.72 bits per heavy atom. The van der Waals surface area contributed by atoms with Crippen LogP contribution in [-0.4, -0.2) is 65.7 Å². The minimum Gasteiger partial charge on any atom is -0.490 e. The fourth-order valence-electron chi connectivity index (χ4n) is 3.64. The van der Waals surface area contributed by atoms with Crippen molar-refractivity contribution in [3.63, 3.8) is 0 Å². The highest BCUT2D eigenvalue weighted by Crippen LogP contribution is 2.22.